The van der Waals surface area contributed by atoms with Crippen LogP contribution in [0.15, 0.2) is 47.7 Å². The monoisotopic (exact) mass is 393 g/mol. The molecule has 0 spiro atoms. The minimum absolute atomic E-state index is 0.298. The van der Waals surface area contributed by atoms with Crippen molar-refractivity contribution < 1.29 is 4.74 Å². The predicted molar refractivity (Wildman–Crippen MR) is 112 cm³/mol. The van der Waals surface area contributed by atoms with Crippen molar-refractivity contribution in [2.45, 2.75) is 51.3 Å². The maximum atomic E-state index is 6.06. The molecule has 2 N–H and O–H groups in total. The maximum Gasteiger partial charge on any atom is 0.213 e. The number of pyridine rings is 2. The Morgan fingerprint density at radius 1 is 1.14 bits per heavy atom. The van der Waals surface area contributed by atoms with Gasteiger partial charge in [0.15, 0.2) is 17.4 Å². The van der Waals surface area contributed by atoms with Gasteiger partial charge in [-0.05, 0) is 49.4 Å². The Kier molecular flexibility index (Phi) is 6.19. The smallest absolute Gasteiger partial charge is 0.213 e. The number of guanidine groups is 1. The Balaban J connectivity index is 1.30. The van der Waals surface area contributed by atoms with E-state index in [-0.39, 0.29) is 0 Å². The molecule has 8 heteroatoms. The van der Waals surface area contributed by atoms with Crippen LogP contribution in [-0.4, -0.2) is 38.7 Å². The molecule has 0 aromatic carbocycles. The van der Waals surface area contributed by atoms with Gasteiger partial charge in [0.1, 0.15) is 6.10 Å². The van der Waals surface area contributed by atoms with Crippen LogP contribution in [0.4, 0.5) is 0 Å². The number of nitrogens with zero attached hydrogens (tertiary/aromatic N) is 5. The lowest BCUT2D eigenvalue weighted by Crippen LogP contribution is -2.36. The first-order valence-electron chi connectivity index (χ1n) is 10.2. The number of hydrogen-bond donors (Lipinski definition) is 2. The fourth-order valence-corrected chi connectivity index (χ4v) is 3.56. The van der Waals surface area contributed by atoms with E-state index >= 15 is 0 Å². The van der Waals surface area contributed by atoms with Gasteiger partial charge in [-0.25, -0.2) is 4.98 Å². The number of nitrogens with one attached hydrogen (secondary N) is 2. The molecule has 152 valence electrons. The van der Waals surface area contributed by atoms with Crippen molar-refractivity contribution in [1.29, 1.82) is 0 Å². The summed E-state index contributed by atoms with van der Waals surface area (Å²) < 4.78 is 8.02. The van der Waals surface area contributed by atoms with Crippen molar-refractivity contribution in [3.63, 3.8) is 0 Å². The summed E-state index contributed by atoms with van der Waals surface area (Å²) in [6, 6.07) is 9.83. The lowest BCUT2D eigenvalue weighted by Gasteiger charge is -2.22. The molecule has 3 aromatic rings. The molecule has 0 atom stereocenters. The molecule has 4 rings (SSSR count). The first-order chi connectivity index (χ1) is 14.3. The summed E-state index contributed by atoms with van der Waals surface area (Å²) in [5.41, 5.74) is 1.93. The lowest BCUT2D eigenvalue weighted by atomic mass is 9.98. The highest BCUT2D eigenvalue weighted by Gasteiger charge is 2.15. The highest BCUT2D eigenvalue weighted by atomic mass is 16.5. The molecule has 0 bridgehead atoms. The van der Waals surface area contributed by atoms with Crippen LogP contribution in [0.5, 0.6) is 5.88 Å². The van der Waals surface area contributed by atoms with E-state index < -0.39 is 0 Å². The largest absolute Gasteiger partial charge is 0.474 e. The summed E-state index contributed by atoms with van der Waals surface area (Å²) in [5, 5.41) is 15.0. The maximum absolute atomic E-state index is 6.06. The molecule has 3 heterocycles. The summed E-state index contributed by atoms with van der Waals surface area (Å²) in [6.07, 6.45) is 10.1. The minimum atomic E-state index is 0.298. The van der Waals surface area contributed by atoms with Crippen molar-refractivity contribution in [1.82, 2.24) is 30.2 Å². The van der Waals surface area contributed by atoms with Crippen LogP contribution in [-0.2, 0) is 13.1 Å². The van der Waals surface area contributed by atoms with Gasteiger partial charge in [0.25, 0.3) is 0 Å². The van der Waals surface area contributed by atoms with E-state index in [2.05, 4.69) is 30.8 Å². The zero-order valence-corrected chi connectivity index (χ0v) is 16.7. The highest BCUT2D eigenvalue weighted by molar-refractivity contribution is 5.79. The average Bonchev–Trinajstić information content (AvgIpc) is 3.18. The first-order valence-corrected chi connectivity index (χ1v) is 10.2. The molecular weight excluding hydrogens is 366 g/mol. The Morgan fingerprint density at radius 2 is 2.00 bits per heavy atom. The van der Waals surface area contributed by atoms with Crippen molar-refractivity contribution in [2.75, 3.05) is 7.05 Å². The van der Waals surface area contributed by atoms with Crippen LogP contribution >= 0.6 is 0 Å². The molecular formula is C21H27N7O. The number of aliphatic imine (C=N–C) groups is 1. The molecule has 3 aromatic heterocycles. The summed E-state index contributed by atoms with van der Waals surface area (Å²) in [4.78, 5) is 8.65. The van der Waals surface area contributed by atoms with Crippen molar-refractivity contribution >= 4 is 11.6 Å². The molecule has 8 nitrogen and oxygen atoms in total. The fourth-order valence-electron chi connectivity index (χ4n) is 3.56. The van der Waals surface area contributed by atoms with E-state index in [4.69, 9.17) is 4.74 Å². The average molecular weight is 393 g/mol. The van der Waals surface area contributed by atoms with E-state index in [1.54, 1.807) is 13.2 Å². The van der Waals surface area contributed by atoms with Crippen LogP contribution in [0.1, 0.15) is 43.5 Å². The predicted octanol–water partition coefficient (Wildman–Crippen LogP) is 2.70. The number of aromatic nitrogens is 4. The minimum Gasteiger partial charge on any atom is -0.474 e. The van der Waals surface area contributed by atoms with Gasteiger partial charge in [-0.15, -0.1) is 10.2 Å². The Bertz CT molecular complexity index is 962. The Morgan fingerprint density at radius 3 is 2.86 bits per heavy atom. The Hall–Kier alpha value is -3.16. The highest BCUT2D eigenvalue weighted by Crippen LogP contribution is 2.22. The third kappa shape index (κ3) is 5.01. The van der Waals surface area contributed by atoms with Gasteiger partial charge in [-0.1, -0.05) is 12.5 Å². The van der Waals surface area contributed by atoms with Gasteiger partial charge in [-0.3, -0.25) is 9.39 Å². The van der Waals surface area contributed by atoms with Gasteiger partial charge in [0, 0.05) is 32.1 Å². The molecule has 1 saturated carbocycles. The SMILES string of the molecule is CN=C(NCc1ccnc(OC2CCCCC2)c1)NCc1nnc2ccccn12. The second-order valence-corrected chi connectivity index (χ2v) is 7.20. The van der Waals surface area contributed by atoms with E-state index in [9.17, 15) is 0 Å². The summed E-state index contributed by atoms with van der Waals surface area (Å²) in [7, 11) is 1.75. The third-order valence-electron chi connectivity index (χ3n) is 5.12. The van der Waals surface area contributed by atoms with Gasteiger partial charge >= 0.3 is 0 Å². The molecule has 1 aliphatic carbocycles. The summed E-state index contributed by atoms with van der Waals surface area (Å²) in [5.74, 6) is 2.23. The quantitative estimate of drug-likeness (QED) is 0.494. The number of rotatable bonds is 6. The zero-order chi connectivity index (χ0) is 19.9. The number of hydrogen-bond acceptors (Lipinski definition) is 5. The Labute approximate surface area is 170 Å². The second kappa shape index (κ2) is 9.36. The first kappa shape index (κ1) is 19.2. The molecule has 0 aliphatic heterocycles. The van der Waals surface area contributed by atoms with Crippen LogP contribution in [0.2, 0.25) is 0 Å². The molecule has 29 heavy (non-hydrogen) atoms. The zero-order valence-electron chi connectivity index (χ0n) is 16.7. The molecule has 1 aliphatic rings. The second-order valence-electron chi connectivity index (χ2n) is 7.20. The number of ether oxygens (including phenoxy) is 1. The van der Waals surface area contributed by atoms with E-state index in [1.165, 1.54) is 19.3 Å². The van der Waals surface area contributed by atoms with Crippen LogP contribution < -0.4 is 15.4 Å². The third-order valence-corrected chi connectivity index (χ3v) is 5.12. The number of fused-ring (bicyclic) bond motifs is 1. The van der Waals surface area contributed by atoms with Crippen LogP contribution in [0.25, 0.3) is 5.65 Å². The standard InChI is InChI=1S/C21H27N7O/c1-22-21(25-15-19-27-26-18-9-5-6-12-28(18)19)24-14-16-10-11-23-20(13-16)29-17-7-3-2-4-8-17/h5-6,9-13,17H,2-4,7-8,14-15H2,1H3,(H2,22,24,25). The summed E-state index contributed by atoms with van der Waals surface area (Å²) in [6.45, 7) is 1.15. The van der Waals surface area contributed by atoms with Gasteiger partial charge in [-0.2, -0.15) is 0 Å². The van der Waals surface area contributed by atoms with Gasteiger partial charge < -0.3 is 15.4 Å². The van der Waals surface area contributed by atoms with E-state index in [0.717, 1.165) is 29.9 Å². The molecule has 0 radical (unpaired) electrons. The van der Waals surface area contributed by atoms with Crippen molar-refractivity contribution in [2.24, 2.45) is 4.99 Å². The summed E-state index contributed by atoms with van der Waals surface area (Å²) >= 11 is 0. The molecule has 0 saturated heterocycles. The van der Waals surface area contributed by atoms with Gasteiger partial charge in [0.05, 0.1) is 6.54 Å². The molecule has 1 fully saturated rings. The van der Waals surface area contributed by atoms with Crippen molar-refractivity contribution in [3.8, 4) is 5.88 Å². The molecule has 0 amide bonds. The van der Waals surface area contributed by atoms with Gasteiger partial charge in [0.2, 0.25) is 5.88 Å². The topological polar surface area (TPSA) is 88.7 Å². The van der Waals surface area contributed by atoms with Crippen LogP contribution in [0.3, 0.4) is 0 Å². The fraction of sp³-hybridized carbons (Fsp3) is 0.429. The van der Waals surface area contributed by atoms with E-state index in [0.29, 0.717) is 31.0 Å². The van der Waals surface area contributed by atoms with Crippen molar-refractivity contribution in [3.05, 3.63) is 54.1 Å². The van der Waals surface area contributed by atoms with Crippen LogP contribution in [0, 0.1) is 0 Å². The van der Waals surface area contributed by atoms with E-state index in [1.807, 2.05) is 40.9 Å². The lowest BCUT2D eigenvalue weighted by molar-refractivity contribution is 0.148. The normalized spacial score (nSPS) is 15.4. The molecule has 0 unspecified atom stereocenters.